The highest BCUT2D eigenvalue weighted by Crippen LogP contribution is 2.19. The van der Waals surface area contributed by atoms with E-state index in [4.69, 9.17) is 11.3 Å². The van der Waals surface area contributed by atoms with E-state index in [0.29, 0.717) is 11.4 Å². The van der Waals surface area contributed by atoms with Gasteiger partial charge in [-0.25, -0.2) is 5.53 Å². The molecule has 0 spiro atoms. The summed E-state index contributed by atoms with van der Waals surface area (Å²) in [4.78, 5) is 0. The first-order valence-corrected chi connectivity index (χ1v) is 2.97. The van der Waals surface area contributed by atoms with Crippen molar-refractivity contribution in [1.82, 2.24) is 0 Å². The maximum atomic E-state index is 6.74. The molecule has 1 aromatic carbocycles. The molecule has 3 heteroatoms. The molecule has 0 aliphatic heterocycles. The third kappa shape index (κ3) is 1.13. The second-order valence-electron chi connectivity index (χ2n) is 2.16. The van der Waals surface area contributed by atoms with E-state index in [-0.39, 0.29) is 0 Å². The van der Waals surface area contributed by atoms with Crippen molar-refractivity contribution in [2.45, 2.75) is 6.92 Å². The van der Waals surface area contributed by atoms with E-state index in [1.807, 2.05) is 6.92 Å². The zero-order chi connectivity index (χ0) is 7.56. The second kappa shape index (κ2) is 2.47. The third-order valence-corrected chi connectivity index (χ3v) is 1.34. The van der Waals surface area contributed by atoms with Crippen LogP contribution >= 0.6 is 0 Å². The zero-order valence-electron chi connectivity index (χ0n) is 5.76. The van der Waals surface area contributed by atoms with Crippen LogP contribution in [0.5, 0.6) is 0 Å². The number of rotatable bonds is 1. The van der Waals surface area contributed by atoms with Gasteiger partial charge in [0.15, 0.2) is 0 Å². The molecule has 0 radical (unpaired) electrons. The van der Waals surface area contributed by atoms with Gasteiger partial charge in [-0.2, -0.15) is 5.11 Å². The summed E-state index contributed by atoms with van der Waals surface area (Å²) in [5.41, 5.74) is 14.5. The summed E-state index contributed by atoms with van der Waals surface area (Å²) in [6, 6.07) is 5.27. The lowest BCUT2D eigenvalue weighted by atomic mass is 10.2. The zero-order valence-corrected chi connectivity index (χ0v) is 5.76. The van der Waals surface area contributed by atoms with Crippen LogP contribution in [-0.2, 0) is 0 Å². The monoisotopic (exact) mass is 135 g/mol. The number of anilines is 1. The molecule has 0 aliphatic carbocycles. The van der Waals surface area contributed by atoms with Crippen molar-refractivity contribution >= 4 is 11.4 Å². The van der Waals surface area contributed by atoms with Crippen LogP contribution in [0.4, 0.5) is 11.4 Å². The molecule has 0 unspecified atom stereocenters. The lowest BCUT2D eigenvalue weighted by molar-refractivity contribution is 1.13. The molecule has 0 aliphatic rings. The van der Waals surface area contributed by atoms with Gasteiger partial charge in [-0.15, -0.1) is 0 Å². The van der Waals surface area contributed by atoms with Gasteiger partial charge in [-0.1, -0.05) is 0 Å². The van der Waals surface area contributed by atoms with Gasteiger partial charge < -0.3 is 5.73 Å². The number of nitrogens with two attached hydrogens (primary N) is 1. The Kier molecular flexibility index (Phi) is 1.67. The molecule has 3 N–H and O–H groups in total. The van der Waals surface area contributed by atoms with E-state index in [2.05, 4.69) is 5.11 Å². The Morgan fingerprint density at radius 1 is 1.50 bits per heavy atom. The maximum Gasteiger partial charge on any atom is 0.0880 e. The molecule has 0 heterocycles. The van der Waals surface area contributed by atoms with Crippen LogP contribution in [0.1, 0.15) is 5.56 Å². The van der Waals surface area contributed by atoms with E-state index in [1.165, 1.54) is 0 Å². The molecule has 0 bridgehead atoms. The molecule has 1 aromatic rings. The van der Waals surface area contributed by atoms with Gasteiger partial charge in [0, 0.05) is 5.69 Å². The molecule has 0 saturated carbocycles. The lowest BCUT2D eigenvalue weighted by Gasteiger charge is -1.97. The summed E-state index contributed by atoms with van der Waals surface area (Å²) >= 11 is 0. The van der Waals surface area contributed by atoms with Gasteiger partial charge in [-0.05, 0) is 30.7 Å². The minimum atomic E-state index is 0.675. The van der Waals surface area contributed by atoms with E-state index in [0.717, 1.165) is 5.56 Å². The van der Waals surface area contributed by atoms with Crippen molar-refractivity contribution in [3.63, 3.8) is 0 Å². The van der Waals surface area contributed by atoms with Gasteiger partial charge in [0.1, 0.15) is 0 Å². The van der Waals surface area contributed by atoms with Gasteiger partial charge in [-0.3, -0.25) is 0 Å². The number of benzene rings is 1. The summed E-state index contributed by atoms with van der Waals surface area (Å²) in [5, 5.41) is 3.31. The third-order valence-electron chi connectivity index (χ3n) is 1.34. The Labute approximate surface area is 59.4 Å². The fourth-order valence-electron chi connectivity index (χ4n) is 0.804. The number of nitrogen functional groups attached to an aromatic ring is 1. The minimum absolute atomic E-state index is 0.675. The van der Waals surface area contributed by atoms with Crippen molar-refractivity contribution in [2.75, 3.05) is 5.73 Å². The summed E-state index contributed by atoms with van der Waals surface area (Å²) in [5.74, 6) is 0. The molecular weight excluding hydrogens is 126 g/mol. The maximum absolute atomic E-state index is 6.74. The van der Waals surface area contributed by atoms with Crippen LogP contribution in [-0.4, -0.2) is 0 Å². The Bertz CT molecular complexity index is 255. The van der Waals surface area contributed by atoms with Crippen molar-refractivity contribution < 1.29 is 0 Å². The Morgan fingerprint density at radius 2 is 2.20 bits per heavy atom. The first-order valence-electron chi connectivity index (χ1n) is 2.97. The van der Waals surface area contributed by atoms with Gasteiger partial charge in [0.05, 0.1) is 5.69 Å². The second-order valence-corrected chi connectivity index (χ2v) is 2.16. The molecule has 0 fully saturated rings. The summed E-state index contributed by atoms with van der Waals surface area (Å²) < 4.78 is 0. The summed E-state index contributed by atoms with van der Waals surface area (Å²) in [7, 11) is 0. The molecule has 0 saturated heterocycles. The highest BCUT2D eigenvalue weighted by molar-refractivity contribution is 5.53. The van der Waals surface area contributed by atoms with E-state index < -0.39 is 0 Å². The molecule has 52 valence electrons. The molecular formula is C7H9N3. The van der Waals surface area contributed by atoms with Crippen LogP contribution in [0.25, 0.3) is 0 Å². The van der Waals surface area contributed by atoms with Crippen molar-refractivity contribution in [3.8, 4) is 0 Å². The SMILES string of the molecule is Cc1cc(N)ccc1N=N. The standard InChI is InChI=1S/C7H9N3/c1-5-4-6(8)2-3-7(5)10-9/h2-4,9H,8H2,1H3. The predicted octanol–water partition coefficient (Wildman–Crippen LogP) is 2.24. The fraction of sp³-hybridized carbons (Fsp3) is 0.143. The fourth-order valence-corrected chi connectivity index (χ4v) is 0.804. The van der Waals surface area contributed by atoms with Crippen LogP contribution < -0.4 is 5.73 Å². The van der Waals surface area contributed by atoms with E-state index in [1.54, 1.807) is 18.2 Å². The largest absolute Gasteiger partial charge is 0.399 e. The van der Waals surface area contributed by atoms with Crippen LogP contribution in [0.15, 0.2) is 23.3 Å². The topological polar surface area (TPSA) is 62.2 Å². The molecule has 3 nitrogen and oxygen atoms in total. The van der Waals surface area contributed by atoms with Gasteiger partial charge in [0.25, 0.3) is 0 Å². The smallest absolute Gasteiger partial charge is 0.0880 e. The van der Waals surface area contributed by atoms with Crippen LogP contribution in [0, 0.1) is 12.5 Å². The number of hydrogen-bond acceptors (Lipinski definition) is 3. The van der Waals surface area contributed by atoms with Gasteiger partial charge in [0.2, 0.25) is 0 Å². The molecule has 10 heavy (non-hydrogen) atoms. The van der Waals surface area contributed by atoms with Crippen molar-refractivity contribution in [2.24, 2.45) is 5.11 Å². The van der Waals surface area contributed by atoms with Crippen LogP contribution in [0.3, 0.4) is 0 Å². The number of nitrogens with one attached hydrogen (secondary N) is 1. The highest BCUT2D eigenvalue weighted by atomic mass is 15.0. The van der Waals surface area contributed by atoms with Crippen molar-refractivity contribution in [3.05, 3.63) is 23.8 Å². The molecule has 0 aromatic heterocycles. The number of aryl methyl sites for hydroxylation is 1. The lowest BCUT2D eigenvalue weighted by Crippen LogP contribution is -1.84. The van der Waals surface area contributed by atoms with Crippen LogP contribution in [0.2, 0.25) is 0 Å². The van der Waals surface area contributed by atoms with Crippen molar-refractivity contribution in [1.29, 1.82) is 5.53 Å². The average molecular weight is 135 g/mol. The Hall–Kier alpha value is -1.38. The van der Waals surface area contributed by atoms with Gasteiger partial charge >= 0.3 is 0 Å². The quantitative estimate of drug-likeness (QED) is 0.450. The number of nitrogens with zero attached hydrogens (tertiary/aromatic N) is 1. The molecule has 0 atom stereocenters. The summed E-state index contributed by atoms with van der Waals surface area (Å²) in [6.45, 7) is 1.88. The summed E-state index contributed by atoms with van der Waals surface area (Å²) in [6.07, 6.45) is 0. The predicted molar refractivity (Wildman–Crippen MR) is 40.4 cm³/mol. The minimum Gasteiger partial charge on any atom is -0.399 e. The molecule has 1 rings (SSSR count). The van der Waals surface area contributed by atoms with E-state index >= 15 is 0 Å². The van der Waals surface area contributed by atoms with E-state index in [9.17, 15) is 0 Å². The highest BCUT2D eigenvalue weighted by Gasteiger charge is 1.94. The Balaban J connectivity index is 3.19. The number of hydrogen-bond donors (Lipinski definition) is 2. The Morgan fingerprint density at radius 3 is 2.70 bits per heavy atom. The average Bonchev–Trinajstić information content (AvgIpc) is 1.88. The molecule has 0 amide bonds. The first kappa shape index (κ1) is 6.74. The normalized spacial score (nSPS) is 9.30. The first-order chi connectivity index (χ1) is 4.74.